The van der Waals surface area contributed by atoms with Crippen LogP contribution < -0.4 is 10.1 Å². The molecule has 0 saturated heterocycles. The van der Waals surface area contributed by atoms with Gasteiger partial charge in [-0.25, -0.2) is 0 Å². The third-order valence-electron chi connectivity index (χ3n) is 4.20. The molecular formula is C18H24N2O2. The predicted octanol–water partition coefficient (Wildman–Crippen LogP) is 3.45. The second kappa shape index (κ2) is 6.83. The third-order valence-corrected chi connectivity index (χ3v) is 4.20. The summed E-state index contributed by atoms with van der Waals surface area (Å²) in [5.74, 6) is 0.862. The Labute approximate surface area is 132 Å². The minimum atomic E-state index is -0.687. The van der Waals surface area contributed by atoms with Gasteiger partial charge in [-0.15, -0.1) is 0 Å². The van der Waals surface area contributed by atoms with Gasteiger partial charge in [0.25, 0.3) is 5.91 Å². The van der Waals surface area contributed by atoms with Gasteiger partial charge in [0.1, 0.15) is 11.3 Å². The molecule has 22 heavy (non-hydrogen) atoms. The van der Waals surface area contributed by atoms with Crippen molar-refractivity contribution < 1.29 is 9.53 Å². The van der Waals surface area contributed by atoms with E-state index >= 15 is 0 Å². The number of nitrogens with zero attached hydrogens (tertiary/aromatic N) is 1. The van der Waals surface area contributed by atoms with Gasteiger partial charge in [0.05, 0.1) is 6.07 Å². The summed E-state index contributed by atoms with van der Waals surface area (Å²) in [7, 11) is 0. The van der Waals surface area contributed by atoms with Gasteiger partial charge in [0.15, 0.2) is 6.61 Å². The number of nitriles is 1. The maximum atomic E-state index is 12.1. The highest BCUT2D eigenvalue weighted by atomic mass is 16.5. The van der Waals surface area contributed by atoms with E-state index in [0.29, 0.717) is 5.92 Å². The zero-order valence-electron chi connectivity index (χ0n) is 13.6. The number of rotatable bonds is 5. The van der Waals surface area contributed by atoms with E-state index < -0.39 is 5.54 Å². The summed E-state index contributed by atoms with van der Waals surface area (Å²) in [5, 5.41) is 12.1. The Kier molecular flexibility index (Phi) is 5.07. The molecule has 1 fully saturated rings. The molecule has 2 rings (SSSR count). The fourth-order valence-corrected chi connectivity index (χ4v) is 2.93. The van der Waals surface area contributed by atoms with Crippen LogP contribution in [-0.2, 0) is 4.79 Å². The molecular weight excluding hydrogens is 276 g/mol. The Hall–Kier alpha value is -2.02. The summed E-state index contributed by atoms with van der Waals surface area (Å²) in [6.45, 7) is 6.15. The molecule has 1 saturated carbocycles. The van der Waals surface area contributed by atoms with Crippen molar-refractivity contribution in [3.05, 3.63) is 29.3 Å². The van der Waals surface area contributed by atoms with Crippen molar-refractivity contribution in [1.82, 2.24) is 5.32 Å². The molecule has 1 aliphatic carbocycles. The van der Waals surface area contributed by atoms with Crippen LogP contribution >= 0.6 is 0 Å². The van der Waals surface area contributed by atoms with Gasteiger partial charge in [-0.2, -0.15) is 5.26 Å². The second-order valence-corrected chi connectivity index (χ2v) is 6.43. The van der Waals surface area contributed by atoms with Gasteiger partial charge in [-0.1, -0.05) is 26.0 Å². The molecule has 0 unspecified atom stereocenters. The summed E-state index contributed by atoms with van der Waals surface area (Å²) in [6.07, 6.45) is 3.45. The second-order valence-electron chi connectivity index (χ2n) is 6.43. The molecule has 0 atom stereocenters. The van der Waals surface area contributed by atoms with E-state index in [1.54, 1.807) is 0 Å². The van der Waals surface area contributed by atoms with Crippen molar-refractivity contribution in [3.8, 4) is 11.8 Å². The Morgan fingerprint density at radius 2 is 2.09 bits per heavy atom. The molecule has 1 aliphatic rings. The Morgan fingerprint density at radius 3 is 2.68 bits per heavy atom. The SMILES string of the molecule is Cc1ccc(C(C)C)c(OCC(=O)NC2(C#N)CCCC2)c1. The van der Waals surface area contributed by atoms with Crippen LogP contribution in [0.3, 0.4) is 0 Å². The molecule has 0 spiro atoms. The summed E-state index contributed by atoms with van der Waals surface area (Å²) in [5.41, 5.74) is 1.51. The lowest BCUT2D eigenvalue weighted by Crippen LogP contribution is -2.47. The number of amides is 1. The zero-order chi connectivity index (χ0) is 16.2. The zero-order valence-corrected chi connectivity index (χ0v) is 13.6. The van der Waals surface area contributed by atoms with Gasteiger partial charge in [-0.05, 0) is 55.7 Å². The number of carbonyl (C=O) groups is 1. The number of nitrogens with one attached hydrogen (secondary N) is 1. The lowest BCUT2D eigenvalue weighted by atomic mass is 10.00. The standard InChI is InChI=1S/C18H24N2O2/c1-13(2)15-7-6-14(3)10-16(15)22-11-17(21)20-18(12-19)8-4-5-9-18/h6-7,10,13H,4-5,8-9,11H2,1-3H3,(H,20,21). The third kappa shape index (κ3) is 3.79. The predicted molar refractivity (Wildman–Crippen MR) is 85.7 cm³/mol. The summed E-state index contributed by atoms with van der Waals surface area (Å²) >= 11 is 0. The Balaban J connectivity index is 2.00. The maximum absolute atomic E-state index is 12.1. The smallest absolute Gasteiger partial charge is 0.259 e. The van der Waals surface area contributed by atoms with E-state index in [2.05, 4.69) is 25.2 Å². The molecule has 1 N–H and O–H groups in total. The van der Waals surface area contributed by atoms with Crippen molar-refractivity contribution in [1.29, 1.82) is 5.26 Å². The molecule has 0 aliphatic heterocycles. The number of hydrogen-bond acceptors (Lipinski definition) is 3. The van der Waals surface area contributed by atoms with Crippen LogP contribution in [0.5, 0.6) is 5.75 Å². The van der Waals surface area contributed by atoms with Crippen LogP contribution in [0.25, 0.3) is 0 Å². The van der Waals surface area contributed by atoms with Gasteiger partial charge in [0.2, 0.25) is 0 Å². The van der Waals surface area contributed by atoms with Crippen LogP contribution in [0.4, 0.5) is 0 Å². The Bertz CT molecular complexity index is 581. The lowest BCUT2D eigenvalue weighted by Gasteiger charge is -2.22. The minimum Gasteiger partial charge on any atom is -0.483 e. The van der Waals surface area contributed by atoms with E-state index in [4.69, 9.17) is 4.74 Å². The first-order valence-corrected chi connectivity index (χ1v) is 7.91. The molecule has 0 aromatic heterocycles. The van der Waals surface area contributed by atoms with Crippen LogP contribution in [0.1, 0.15) is 56.6 Å². The summed E-state index contributed by atoms with van der Waals surface area (Å²) < 4.78 is 5.72. The van der Waals surface area contributed by atoms with Crippen molar-refractivity contribution in [2.45, 2.75) is 57.9 Å². The minimum absolute atomic E-state index is 0.0490. The van der Waals surface area contributed by atoms with E-state index in [-0.39, 0.29) is 12.5 Å². The monoisotopic (exact) mass is 300 g/mol. The number of carbonyl (C=O) groups excluding carboxylic acids is 1. The molecule has 4 nitrogen and oxygen atoms in total. The summed E-state index contributed by atoms with van der Waals surface area (Å²) in [6, 6.07) is 8.30. The molecule has 1 amide bonds. The highest BCUT2D eigenvalue weighted by Gasteiger charge is 2.35. The molecule has 1 aromatic rings. The fourth-order valence-electron chi connectivity index (χ4n) is 2.93. The quantitative estimate of drug-likeness (QED) is 0.906. The molecule has 118 valence electrons. The highest BCUT2D eigenvalue weighted by molar-refractivity contribution is 5.79. The number of aryl methyl sites for hydroxylation is 1. The first-order valence-electron chi connectivity index (χ1n) is 7.91. The lowest BCUT2D eigenvalue weighted by molar-refractivity contribution is -0.124. The van der Waals surface area contributed by atoms with Gasteiger partial charge in [-0.3, -0.25) is 4.79 Å². The van der Waals surface area contributed by atoms with Crippen LogP contribution in [0.2, 0.25) is 0 Å². The largest absolute Gasteiger partial charge is 0.483 e. The van der Waals surface area contributed by atoms with Crippen molar-refractivity contribution in [3.63, 3.8) is 0 Å². The molecule has 1 aromatic carbocycles. The topological polar surface area (TPSA) is 62.1 Å². The van der Waals surface area contributed by atoms with Crippen LogP contribution in [0.15, 0.2) is 18.2 Å². The first-order chi connectivity index (χ1) is 10.5. The van der Waals surface area contributed by atoms with E-state index in [1.165, 1.54) is 0 Å². The van der Waals surface area contributed by atoms with E-state index in [9.17, 15) is 10.1 Å². The van der Waals surface area contributed by atoms with E-state index in [0.717, 1.165) is 42.6 Å². The van der Waals surface area contributed by atoms with Gasteiger partial charge >= 0.3 is 0 Å². The van der Waals surface area contributed by atoms with Gasteiger partial charge in [0, 0.05) is 0 Å². The number of benzene rings is 1. The molecule has 0 radical (unpaired) electrons. The van der Waals surface area contributed by atoms with E-state index in [1.807, 2.05) is 25.1 Å². The normalized spacial score (nSPS) is 16.3. The Morgan fingerprint density at radius 1 is 1.41 bits per heavy atom. The highest BCUT2D eigenvalue weighted by Crippen LogP contribution is 2.29. The number of hydrogen-bond donors (Lipinski definition) is 1. The molecule has 4 heteroatoms. The molecule has 0 heterocycles. The van der Waals surface area contributed by atoms with Crippen LogP contribution in [0, 0.1) is 18.3 Å². The van der Waals surface area contributed by atoms with Crippen LogP contribution in [-0.4, -0.2) is 18.1 Å². The summed E-state index contributed by atoms with van der Waals surface area (Å²) in [4.78, 5) is 12.1. The van der Waals surface area contributed by atoms with Crippen molar-refractivity contribution >= 4 is 5.91 Å². The molecule has 0 bridgehead atoms. The van der Waals surface area contributed by atoms with Gasteiger partial charge < -0.3 is 10.1 Å². The van der Waals surface area contributed by atoms with Crippen molar-refractivity contribution in [2.24, 2.45) is 0 Å². The number of ether oxygens (including phenoxy) is 1. The average Bonchev–Trinajstić information content (AvgIpc) is 2.94. The average molecular weight is 300 g/mol. The first kappa shape index (κ1) is 16.4. The fraction of sp³-hybridized carbons (Fsp3) is 0.556. The van der Waals surface area contributed by atoms with Crippen molar-refractivity contribution in [2.75, 3.05) is 6.61 Å². The maximum Gasteiger partial charge on any atom is 0.259 e.